The number of nitrogens with zero attached hydrogens (tertiary/aromatic N) is 1. The van der Waals surface area contributed by atoms with Gasteiger partial charge in [0.1, 0.15) is 5.75 Å². The zero-order valence-corrected chi connectivity index (χ0v) is 15.5. The van der Waals surface area contributed by atoms with Crippen molar-refractivity contribution in [1.29, 1.82) is 0 Å². The van der Waals surface area contributed by atoms with E-state index in [4.69, 9.17) is 16.3 Å². The van der Waals surface area contributed by atoms with Crippen molar-refractivity contribution in [3.05, 3.63) is 57.5 Å². The van der Waals surface area contributed by atoms with Crippen molar-refractivity contribution in [2.45, 2.75) is 0 Å². The van der Waals surface area contributed by atoms with E-state index in [0.717, 1.165) is 4.47 Å². The fourth-order valence-electron chi connectivity index (χ4n) is 1.92. The first kappa shape index (κ1) is 18.3. The second-order valence-corrected chi connectivity index (χ2v) is 6.51. The molecule has 126 valence electrons. The monoisotopic (exact) mass is 410 g/mol. The molecule has 0 saturated carbocycles. The van der Waals surface area contributed by atoms with Crippen molar-refractivity contribution < 1.29 is 14.3 Å². The lowest BCUT2D eigenvalue weighted by atomic mass is 10.2. The van der Waals surface area contributed by atoms with Gasteiger partial charge in [-0.2, -0.15) is 0 Å². The Hall–Kier alpha value is -2.05. The summed E-state index contributed by atoms with van der Waals surface area (Å²) >= 11 is 9.32. The Bertz CT molecular complexity index is 765. The van der Waals surface area contributed by atoms with Gasteiger partial charge < -0.3 is 15.0 Å². The zero-order chi connectivity index (χ0) is 17.7. The van der Waals surface area contributed by atoms with Gasteiger partial charge in [0.25, 0.3) is 11.8 Å². The van der Waals surface area contributed by atoms with E-state index in [-0.39, 0.29) is 18.4 Å². The summed E-state index contributed by atoms with van der Waals surface area (Å²) < 4.78 is 6.22. The van der Waals surface area contributed by atoms with Crippen molar-refractivity contribution in [2.75, 3.05) is 26.0 Å². The normalized spacial score (nSPS) is 10.2. The molecule has 0 aliphatic rings. The van der Waals surface area contributed by atoms with Crippen LogP contribution in [-0.2, 0) is 4.79 Å². The minimum Gasteiger partial charge on any atom is -0.482 e. The lowest BCUT2D eigenvalue weighted by molar-refractivity contribution is -0.118. The first-order valence-corrected chi connectivity index (χ1v) is 8.23. The maximum atomic E-state index is 12.0. The molecule has 0 atom stereocenters. The maximum absolute atomic E-state index is 12.0. The van der Waals surface area contributed by atoms with Gasteiger partial charge in [0.2, 0.25) is 0 Å². The number of hydrogen-bond acceptors (Lipinski definition) is 3. The molecule has 2 aromatic rings. The number of rotatable bonds is 5. The Labute approximate surface area is 153 Å². The van der Waals surface area contributed by atoms with Crippen molar-refractivity contribution in [1.82, 2.24) is 4.90 Å². The minimum absolute atomic E-state index is 0.136. The highest BCUT2D eigenvalue weighted by atomic mass is 79.9. The number of hydrogen-bond donors (Lipinski definition) is 1. The van der Waals surface area contributed by atoms with E-state index in [0.29, 0.717) is 22.0 Å². The van der Waals surface area contributed by atoms with Crippen LogP contribution in [0, 0.1) is 0 Å². The molecule has 0 aliphatic heterocycles. The van der Waals surface area contributed by atoms with Gasteiger partial charge in [0.05, 0.1) is 5.02 Å². The quantitative estimate of drug-likeness (QED) is 0.813. The number of anilines is 1. The van der Waals surface area contributed by atoms with Crippen molar-refractivity contribution in [3.8, 4) is 5.75 Å². The Kier molecular flexibility index (Phi) is 6.23. The van der Waals surface area contributed by atoms with E-state index in [1.165, 1.54) is 4.90 Å². The van der Waals surface area contributed by atoms with Crippen molar-refractivity contribution in [3.63, 3.8) is 0 Å². The molecular formula is C17H16BrClN2O3. The summed E-state index contributed by atoms with van der Waals surface area (Å²) in [7, 11) is 3.34. The molecule has 0 aromatic heterocycles. The summed E-state index contributed by atoms with van der Waals surface area (Å²) in [5.74, 6) is -0.0681. The standard InChI is InChI=1S/C17H16BrClN2O3/c1-21(2)17(23)11-4-3-5-13(8-11)20-16(22)10-24-15-9-12(18)6-7-14(15)19/h3-9H,10H2,1-2H3,(H,20,22). The highest BCUT2D eigenvalue weighted by Gasteiger charge is 2.10. The van der Waals surface area contributed by atoms with Crippen LogP contribution in [0.5, 0.6) is 5.75 Å². The van der Waals surface area contributed by atoms with Crippen LogP contribution in [0.15, 0.2) is 46.9 Å². The summed E-state index contributed by atoms with van der Waals surface area (Å²) in [5, 5.41) is 3.11. The predicted molar refractivity (Wildman–Crippen MR) is 97.7 cm³/mol. The average molecular weight is 412 g/mol. The van der Waals surface area contributed by atoms with Gasteiger partial charge in [0.15, 0.2) is 6.61 Å². The van der Waals surface area contributed by atoms with Crippen LogP contribution >= 0.6 is 27.5 Å². The molecule has 0 bridgehead atoms. The smallest absolute Gasteiger partial charge is 0.262 e. The molecule has 24 heavy (non-hydrogen) atoms. The molecule has 0 aliphatic carbocycles. The largest absolute Gasteiger partial charge is 0.482 e. The van der Waals surface area contributed by atoms with Crippen LogP contribution in [0.1, 0.15) is 10.4 Å². The summed E-state index contributed by atoms with van der Waals surface area (Å²) in [6, 6.07) is 11.9. The second-order valence-electron chi connectivity index (χ2n) is 5.19. The number of ether oxygens (including phenoxy) is 1. The lowest BCUT2D eigenvalue weighted by Gasteiger charge is -2.12. The first-order valence-electron chi connectivity index (χ1n) is 7.06. The van der Waals surface area contributed by atoms with Crippen LogP contribution in [0.25, 0.3) is 0 Å². The molecule has 2 rings (SSSR count). The van der Waals surface area contributed by atoms with Crippen LogP contribution in [-0.4, -0.2) is 37.4 Å². The summed E-state index contributed by atoms with van der Waals surface area (Å²) in [5.41, 5.74) is 1.02. The predicted octanol–water partition coefficient (Wildman–Crippen LogP) is 3.82. The molecule has 0 saturated heterocycles. The third-order valence-electron chi connectivity index (χ3n) is 3.05. The van der Waals surface area contributed by atoms with Crippen LogP contribution in [0.3, 0.4) is 0 Å². The lowest BCUT2D eigenvalue weighted by Crippen LogP contribution is -2.23. The Morgan fingerprint density at radius 1 is 1.21 bits per heavy atom. The summed E-state index contributed by atoms with van der Waals surface area (Å²) in [4.78, 5) is 25.4. The molecule has 0 fully saturated rings. The van der Waals surface area contributed by atoms with Gasteiger partial charge in [-0.15, -0.1) is 0 Å². The Balaban J connectivity index is 1.99. The highest BCUT2D eigenvalue weighted by molar-refractivity contribution is 9.10. The van der Waals surface area contributed by atoms with Gasteiger partial charge in [-0.1, -0.05) is 33.6 Å². The third kappa shape index (κ3) is 4.97. The van der Waals surface area contributed by atoms with Crippen LogP contribution in [0.2, 0.25) is 5.02 Å². The number of carbonyl (C=O) groups is 2. The van der Waals surface area contributed by atoms with Gasteiger partial charge in [-0.25, -0.2) is 0 Å². The van der Waals surface area contributed by atoms with Crippen molar-refractivity contribution >= 4 is 45.0 Å². The molecule has 7 heteroatoms. The van der Waals surface area contributed by atoms with E-state index >= 15 is 0 Å². The number of amides is 2. The van der Waals surface area contributed by atoms with Crippen LogP contribution in [0.4, 0.5) is 5.69 Å². The van der Waals surface area contributed by atoms with Gasteiger partial charge in [-0.05, 0) is 36.4 Å². The highest BCUT2D eigenvalue weighted by Crippen LogP contribution is 2.27. The topological polar surface area (TPSA) is 58.6 Å². The minimum atomic E-state index is -0.347. The molecule has 1 N–H and O–H groups in total. The SMILES string of the molecule is CN(C)C(=O)c1cccc(NC(=O)COc2cc(Br)ccc2Cl)c1. The van der Waals surface area contributed by atoms with E-state index in [9.17, 15) is 9.59 Å². The molecule has 2 aromatic carbocycles. The first-order chi connectivity index (χ1) is 11.4. The zero-order valence-electron chi connectivity index (χ0n) is 13.2. The number of benzene rings is 2. The van der Waals surface area contributed by atoms with E-state index < -0.39 is 0 Å². The fourth-order valence-corrected chi connectivity index (χ4v) is 2.43. The molecule has 0 heterocycles. The van der Waals surface area contributed by atoms with Gasteiger partial charge in [0, 0.05) is 29.8 Å². The molecule has 0 unspecified atom stereocenters. The molecule has 5 nitrogen and oxygen atoms in total. The second kappa shape index (κ2) is 8.17. The molecule has 2 amide bonds. The van der Waals surface area contributed by atoms with E-state index in [1.54, 1.807) is 56.6 Å². The van der Waals surface area contributed by atoms with Gasteiger partial charge >= 0.3 is 0 Å². The van der Waals surface area contributed by atoms with E-state index in [2.05, 4.69) is 21.2 Å². The number of halogens is 2. The third-order valence-corrected chi connectivity index (χ3v) is 3.86. The van der Waals surface area contributed by atoms with E-state index in [1.807, 2.05) is 0 Å². The van der Waals surface area contributed by atoms with Crippen LogP contribution < -0.4 is 10.1 Å². The summed E-state index contributed by atoms with van der Waals surface area (Å²) in [6.45, 7) is -0.192. The maximum Gasteiger partial charge on any atom is 0.262 e. The fraction of sp³-hybridized carbons (Fsp3) is 0.176. The van der Waals surface area contributed by atoms with Gasteiger partial charge in [-0.3, -0.25) is 9.59 Å². The molecule has 0 spiro atoms. The number of carbonyl (C=O) groups excluding carboxylic acids is 2. The Morgan fingerprint density at radius 2 is 1.96 bits per heavy atom. The summed E-state index contributed by atoms with van der Waals surface area (Å²) in [6.07, 6.45) is 0. The Morgan fingerprint density at radius 3 is 2.67 bits per heavy atom. The molecule has 0 radical (unpaired) electrons. The average Bonchev–Trinajstić information content (AvgIpc) is 2.55. The molecular weight excluding hydrogens is 396 g/mol. The number of nitrogens with one attached hydrogen (secondary N) is 1. The van der Waals surface area contributed by atoms with Crippen molar-refractivity contribution in [2.24, 2.45) is 0 Å².